The van der Waals surface area contributed by atoms with Gasteiger partial charge in [0.2, 0.25) is 0 Å². The summed E-state index contributed by atoms with van der Waals surface area (Å²) in [6.07, 6.45) is 2.87. The van der Waals surface area contributed by atoms with E-state index in [1.165, 1.54) is 60.1 Å². The van der Waals surface area contributed by atoms with E-state index in [1.807, 2.05) is 20.0 Å². The first-order valence-corrected chi connectivity index (χ1v) is 18.7. The summed E-state index contributed by atoms with van der Waals surface area (Å²) in [5, 5.41) is 11.6. The second-order valence-electron chi connectivity index (χ2n) is 14.9. The van der Waals surface area contributed by atoms with Gasteiger partial charge in [-0.05, 0) is 119 Å². The van der Waals surface area contributed by atoms with Gasteiger partial charge in [0.15, 0.2) is 0 Å². The van der Waals surface area contributed by atoms with Gasteiger partial charge in [-0.1, -0.05) is 115 Å². The highest BCUT2D eigenvalue weighted by Gasteiger charge is 2.18. The fourth-order valence-electron chi connectivity index (χ4n) is 8.82. The molecule has 0 spiro atoms. The molecule has 0 radical (unpaired) electrons. The summed E-state index contributed by atoms with van der Waals surface area (Å²) in [5.41, 5.74) is 13.0. The molecule has 10 aromatic rings. The van der Waals surface area contributed by atoms with Crippen LogP contribution in [0.4, 0.5) is 0 Å². The van der Waals surface area contributed by atoms with Gasteiger partial charge >= 0.3 is 0 Å². The largest absolute Gasteiger partial charge is 0.241 e. The normalized spacial score (nSPS) is 11.9. The highest BCUT2D eigenvalue weighted by molar-refractivity contribution is 6.27. The van der Waals surface area contributed by atoms with Crippen molar-refractivity contribution in [2.75, 3.05) is 0 Å². The van der Waals surface area contributed by atoms with Crippen LogP contribution in [0.25, 0.3) is 87.3 Å². The molecule has 4 nitrogen and oxygen atoms in total. The summed E-state index contributed by atoms with van der Waals surface area (Å²) in [4.78, 5) is 19.8. The van der Waals surface area contributed by atoms with E-state index in [2.05, 4.69) is 147 Å². The molecular formula is C50H38N4. The number of rotatable bonds is 4. The Hall–Kier alpha value is -6.52. The Morgan fingerprint density at radius 3 is 1.83 bits per heavy atom. The molecule has 0 aliphatic heterocycles. The van der Waals surface area contributed by atoms with E-state index in [4.69, 9.17) is 15.0 Å². The molecule has 0 aliphatic rings. The van der Waals surface area contributed by atoms with Crippen LogP contribution < -0.4 is 0 Å². The van der Waals surface area contributed by atoms with E-state index in [0.717, 1.165) is 73.0 Å². The molecule has 0 aliphatic carbocycles. The molecule has 0 fully saturated rings. The highest BCUT2D eigenvalue weighted by Crippen LogP contribution is 2.41. The zero-order chi connectivity index (χ0) is 36.7. The third-order valence-electron chi connectivity index (χ3n) is 11.2. The average molecular weight is 695 g/mol. The van der Waals surface area contributed by atoms with E-state index in [0.29, 0.717) is 0 Å². The van der Waals surface area contributed by atoms with E-state index in [-0.39, 0.29) is 0 Å². The van der Waals surface area contributed by atoms with Gasteiger partial charge < -0.3 is 0 Å². The molecule has 0 saturated heterocycles. The second kappa shape index (κ2) is 12.3. The molecule has 0 saturated carbocycles. The molecule has 0 atom stereocenters. The predicted molar refractivity (Wildman–Crippen MR) is 226 cm³/mol. The Balaban J connectivity index is 1.16. The van der Waals surface area contributed by atoms with Crippen molar-refractivity contribution in [3.05, 3.63) is 167 Å². The van der Waals surface area contributed by atoms with Crippen molar-refractivity contribution in [3.8, 4) is 22.4 Å². The zero-order valence-electron chi connectivity index (χ0n) is 31.1. The Kier molecular flexibility index (Phi) is 7.31. The summed E-state index contributed by atoms with van der Waals surface area (Å²) in [7, 11) is 0. The standard InChI is InChI=1S/C50H38N4/c1-28-21-29(2)43(30(3)22-28)23-33-17-19-42-44(24-33)39-15-8-9-16-41(39)47-48(53-32(5)54-50(42)47)36-12-10-11-34(25-36)35-18-20-40-37-13-6-7-14-38(37)46-27-51-31(4)52-49(46)45(40)26-35/h6-22,24-27H,23H2,1-5H3. The maximum absolute atomic E-state index is 5.17. The van der Waals surface area contributed by atoms with Gasteiger partial charge in [-0.2, -0.15) is 0 Å². The number of benzene rings is 8. The van der Waals surface area contributed by atoms with Crippen LogP contribution in [0.3, 0.4) is 0 Å². The van der Waals surface area contributed by atoms with Gasteiger partial charge in [-0.3, -0.25) is 0 Å². The number of hydrogen-bond acceptors (Lipinski definition) is 4. The minimum atomic E-state index is 0.758. The minimum absolute atomic E-state index is 0.758. The fourth-order valence-corrected chi connectivity index (χ4v) is 8.82. The topological polar surface area (TPSA) is 51.6 Å². The lowest BCUT2D eigenvalue weighted by molar-refractivity contribution is 1.10. The highest BCUT2D eigenvalue weighted by atomic mass is 14.9. The van der Waals surface area contributed by atoms with Crippen molar-refractivity contribution in [1.82, 2.24) is 19.9 Å². The molecule has 0 bridgehead atoms. The maximum Gasteiger partial charge on any atom is 0.126 e. The number of fused-ring (bicyclic) bond motifs is 12. The minimum Gasteiger partial charge on any atom is -0.241 e. The molecule has 4 heteroatoms. The molecule has 0 unspecified atom stereocenters. The van der Waals surface area contributed by atoms with Crippen LogP contribution in [0, 0.1) is 34.6 Å². The van der Waals surface area contributed by atoms with Crippen LogP contribution in [0.2, 0.25) is 0 Å². The third kappa shape index (κ3) is 5.13. The average Bonchev–Trinajstić information content (AvgIpc) is 3.19. The Bertz CT molecular complexity index is 3170. The van der Waals surface area contributed by atoms with Crippen LogP contribution in [0.1, 0.15) is 39.5 Å². The van der Waals surface area contributed by atoms with Crippen molar-refractivity contribution in [3.63, 3.8) is 0 Å². The van der Waals surface area contributed by atoms with Crippen molar-refractivity contribution < 1.29 is 0 Å². The quantitative estimate of drug-likeness (QED) is 0.172. The van der Waals surface area contributed by atoms with Crippen LogP contribution in [0.5, 0.6) is 0 Å². The predicted octanol–water partition coefficient (Wildman–Crippen LogP) is 12.7. The summed E-state index contributed by atoms with van der Waals surface area (Å²) < 4.78 is 0. The molecule has 2 aromatic heterocycles. The molecule has 54 heavy (non-hydrogen) atoms. The Morgan fingerprint density at radius 2 is 1.06 bits per heavy atom. The lowest BCUT2D eigenvalue weighted by Crippen LogP contribution is -1.99. The van der Waals surface area contributed by atoms with Crippen LogP contribution in [-0.2, 0) is 6.42 Å². The first kappa shape index (κ1) is 32.2. The lowest BCUT2D eigenvalue weighted by atomic mass is 9.90. The van der Waals surface area contributed by atoms with Gasteiger partial charge in [0.05, 0.1) is 16.7 Å². The van der Waals surface area contributed by atoms with E-state index >= 15 is 0 Å². The maximum atomic E-state index is 5.17. The van der Waals surface area contributed by atoms with Gasteiger partial charge in [0, 0.05) is 33.3 Å². The molecule has 0 N–H and O–H groups in total. The van der Waals surface area contributed by atoms with E-state index < -0.39 is 0 Å². The summed E-state index contributed by atoms with van der Waals surface area (Å²) in [6, 6.07) is 44.4. The molecule has 258 valence electrons. The van der Waals surface area contributed by atoms with Crippen LogP contribution >= 0.6 is 0 Å². The number of hydrogen-bond donors (Lipinski definition) is 0. The van der Waals surface area contributed by atoms with Crippen molar-refractivity contribution in [2.45, 2.75) is 41.0 Å². The molecule has 10 rings (SSSR count). The van der Waals surface area contributed by atoms with Crippen LogP contribution in [-0.4, -0.2) is 19.9 Å². The van der Waals surface area contributed by atoms with Crippen molar-refractivity contribution in [2.24, 2.45) is 0 Å². The van der Waals surface area contributed by atoms with E-state index in [9.17, 15) is 0 Å². The first-order chi connectivity index (χ1) is 26.3. The monoisotopic (exact) mass is 694 g/mol. The molecule has 2 heterocycles. The molecular weight excluding hydrogens is 657 g/mol. The Morgan fingerprint density at radius 1 is 0.426 bits per heavy atom. The molecule has 8 aromatic carbocycles. The van der Waals surface area contributed by atoms with Crippen LogP contribution in [0.15, 0.2) is 128 Å². The molecule has 0 amide bonds. The number of aromatic nitrogens is 4. The zero-order valence-corrected chi connectivity index (χ0v) is 31.1. The number of nitrogens with zero attached hydrogens (tertiary/aromatic N) is 4. The smallest absolute Gasteiger partial charge is 0.126 e. The second-order valence-corrected chi connectivity index (χ2v) is 14.9. The number of aryl methyl sites for hydroxylation is 5. The summed E-state index contributed by atoms with van der Waals surface area (Å²) in [5.74, 6) is 1.53. The first-order valence-electron chi connectivity index (χ1n) is 18.7. The van der Waals surface area contributed by atoms with Gasteiger partial charge in [0.1, 0.15) is 11.6 Å². The lowest BCUT2D eigenvalue weighted by Gasteiger charge is -2.16. The van der Waals surface area contributed by atoms with Gasteiger partial charge in [-0.25, -0.2) is 19.9 Å². The van der Waals surface area contributed by atoms with E-state index in [1.54, 1.807) is 0 Å². The SMILES string of the molecule is Cc1cc(C)c(Cc2ccc3c(c2)c2ccccc2c2c(-c4cccc(-c5ccc6c7ccccc7c7cnc(C)nc7c6c5)c4)nc(C)nc32)c(C)c1. The van der Waals surface area contributed by atoms with Crippen molar-refractivity contribution in [1.29, 1.82) is 0 Å². The third-order valence-corrected chi connectivity index (χ3v) is 11.2. The Labute approximate surface area is 314 Å². The summed E-state index contributed by atoms with van der Waals surface area (Å²) in [6.45, 7) is 10.6. The van der Waals surface area contributed by atoms with Gasteiger partial charge in [-0.15, -0.1) is 0 Å². The fraction of sp³-hybridized carbons (Fsp3) is 0.120. The van der Waals surface area contributed by atoms with Crippen molar-refractivity contribution >= 4 is 64.9 Å². The van der Waals surface area contributed by atoms with Gasteiger partial charge in [0.25, 0.3) is 0 Å². The summed E-state index contributed by atoms with van der Waals surface area (Å²) >= 11 is 0.